The number of hydrogen-bond donors (Lipinski definition) is 2. The zero-order valence-corrected chi connectivity index (χ0v) is 15.8. The van der Waals surface area contributed by atoms with E-state index in [1.54, 1.807) is 5.32 Å². The summed E-state index contributed by atoms with van der Waals surface area (Å²) in [6.07, 6.45) is -24.4. The van der Waals surface area contributed by atoms with Crippen LogP contribution in [0, 0.1) is 0 Å². The maximum Gasteiger partial charge on any atom is 0.443 e. The highest BCUT2D eigenvalue weighted by Crippen LogP contribution is 2.59. The average Bonchev–Trinajstić information content (AvgIpc) is 2.99. The molecule has 1 aromatic rings. The molecule has 0 unspecified atom stereocenters. The van der Waals surface area contributed by atoms with Gasteiger partial charge in [0.1, 0.15) is 0 Å². The number of thioether (sulfide) groups is 1. The number of amidine groups is 1. The molecular formula is C15H6F13N3OS. The molecule has 2 amide bonds. The van der Waals surface area contributed by atoms with E-state index < -0.39 is 75.2 Å². The number of urea groups is 1. The molecule has 1 aliphatic heterocycles. The first-order chi connectivity index (χ1) is 14.7. The van der Waals surface area contributed by atoms with Gasteiger partial charge >= 0.3 is 30.7 Å². The minimum absolute atomic E-state index is 0.341. The highest BCUT2D eigenvalue weighted by Gasteiger charge is 2.77. The van der Waals surface area contributed by atoms with Crippen LogP contribution in [0.4, 0.5) is 67.6 Å². The second-order valence-corrected chi connectivity index (χ2v) is 7.02. The summed E-state index contributed by atoms with van der Waals surface area (Å²) in [6, 6.07) is 0.777. The lowest BCUT2D eigenvalue weighted by molar-refractivity contribution is -0.280. The lowest BCUT2D eigenvalue weighted by Gasteiger charge is -2.31. The largest absolute Gasteiger partial charge is 0.443 e. The minimum Gasteiger partial charge on any atom is -0.308 e. The molecular weight excluding hydrogens is 517 g/mol. The monoisotopic (exact) mass is 523 g/mol. The standard InChI is InChI=1S/C15H6F13N3OS/c16-7(13(20,21)22)8-11(14(23,24)25,15(26,27)28)31-10(33-8)30-9(32)29-6-3-1-2-5(4-6)12(17,18)19/h1-4H,(H2,29,30,31,32). The van der Waals surface area contributed by atoms with E-state index in [0.717, 1.165) is 12.1 Å². The van der Waals surface area contributed by atoms with E-state index in [-0.39, 0.29) is 0 Å². The third-order valence-corrected chi connectivity index (χ3v) is 4.80. The molecule has 0 fully saturated rings. The maximum absolute atomic E-state index is 13.6. The van der Waals surface area contributed by atoms with E-state index in [2.05, 4.69) is 4.99 Å². The molecule has 1 heterocycles. The van der Waals surface area contributed by atoms with Crippen molar-refractivity contribution in [1.29, 1.82) is 0 Å². The third-order valence-electron chi connectivity index (χ3n) is 3.73. The van der Waals surface area contributed by atoms with Gasteiger partial charge in [-0.1, -0.05) is 17.8 Å². The van der Waals surface area contributed by atoms with Crippen LogP contribution in [0.2, 0.25) is 0 Å². The molecule has 1 aromatic carbocycles. The Hall–Kier alpha value is -2.66. The smallest absolute Gasteiger partial charge is 0.308 e. The number of rotatable bonds is 1. The Balaban J connectivity index is 2.45. The molecule has 2 rings (SSSR count). The number of carbonyl (C=O) groups is 1. The highest BCUT2D eigenvalue weighted by atomic mass is 32.2. The van der Waals surface area contributed by atoms with E-state index in [1.807, 2.05) is 0 Å². The zero-order valence-electron chi connectivity index (χ0n) is 15.0. The van der Waals surface area contributed by atoms with E-state index >= 15 is 0 Å². The van der Waals surface area contributed by atoms with Crippen molar-refractivity contribution >= 4 is 28.6 Å². The molecule has 2 N–H and O–H groups in total. The second kappa shape index (κ2) is 8.28. The number of halogens is 13. The van der Waals surface area contributed by atoms with Crippen molar-refractivity contribution in [3.05, 3.63) is 40.6 Å². The van der Waals surface area contributed by atoms with Crippen LogP contribution in [0.3, 0.4) is 0 Å². The molecule has 0 saturated carbocycles. The van der Waals surface area contributed by atoms with Gasteiger partial charge in [-0.25, -0.2) is 14.2 Å². The summed E-state index contributed by atoms with van der Waals surface area (Å²) in [5.74, 6) is -3.75. The minimum atomic E-state index is -6.63. The quantitative estimate of drug-likeness (QED) is 0.411. The van der Waals surface area contributed by atoms with Crippen molar-refractivity contribution in [2.75, 3.05) is 5.32 Å². The lowest BCUT2D eigenvalue weighted by Crippen LogP contribution is -2.55. The summed E-state index contributed by atoms with van der Waals surface area (Å²) in [4.78, 5) is 11.0. The van der Waals surface area contributed by atoms with Crippen LogP contribution in [0.25, 0.3) is 0 Å². The van der Waals surface area contributed by atoms with Crippen molar-refractivity contribution in [1.82, 2.24) is 5.32 Å². The van der Waals surface area contributed by atoms with Crippen LogP contribution in [0.15, 0.2) is 40.0 Å². The van der Waals surface area contributed by atoms with Crippen LogP contribution in [0.1, 0.15) is 5.56 Å². The molecule has 18 heteroatoms. The first-order valence-electron chi connectivity index (χ1n) is 7.84. The van der Waals surface area contributed by atoms with Crippen LogP contribution < -0.4 is 10.6 Å². The Morgan fingerprint density at radius 1 is 0.879 bits per heavy atom. The van der Waals surface area contributed by atoms with E-state index in [4.69, 9.17) is 0 Å². The molecule has 4 nitrogen and oxygen atoms in total. The molecule has 1 aliphatic rings. The summed E-state index contributed by atoms with van der Waals surface area (Å²) in [7, 11) is 0. The van der Waals surface area contributed by atoms with Crippen LogP contribution in [0.5, 0.6) is 0 Å². The molecule has 184 valence electrons. The van der Waals surface area contributed by atoms with Crippen LogP contribution >= 0.6 is 11.8 Å². The summed E-state index contributed by atoms with van der Waals surface area (Å²) in [5, 5.41) is 1.11. The topological polar surface area (TPSA) is 53.5 Å². The van der Waals surface area contributed by atoms with Gasteiger partial charge in [0.2, 0.25) is 5.83 Å². The normalized spacial score (nSPS) is 18.6. The van der Waals surface area contributed by atoms with E-state index in [9.17, 15) is 61.9 Å². The second-order valence-electron chi connectivity index (χ2n) is 6.02. The Morgan fingerprint density at radius 3 is 1.88 bits per heavy atom. The van der Waals surface area contributed by atoms with Gasteiger partial charge in [-0.05, 0) is 18.2 Å². The number of hydrogen-bond acceptors (Lipinski definition) is 3. The lowest BCUT2D eigenvalue weighted by atomic mass is 9.97. The number of nitrogens with zero attached hydrogens (tertiary/aromatic N) is 1. The Morgan fingerprint density at radius 2 is 1.42 bits per heavy atom. The molecule has 0 radical (unpaired) electrons. The van der Waals surface area contributed by atoms with Gasteiger partial charge in [-0.15, -0.1) is 0 Å². The van der Waals surface area contributed by atoms with E-state index in [1.165, 1.54) is 5.32 Å². The fourth-order valence-electron chi connectivity index (χ4n) is 2.36. The molecule has 0 aliphatic carbocycles. The number of amides is 2. The van der Waals surface area contributed by atoms with Gasteiger partial charge in [0.05, 0.1) is 10.5 Å². The predicted octanol–water partition coefficient (Wildman–Crippen LogP) is 6.54. The molecule has 0 spiro atoms. The third kappa shape index (κ3) is 5.30. The predicted molar refractivity (Wildman–Crippen MR) is 87.7 cm³/mol. The Kier molecular flexibility index (Phi) is 6.67. The number of benzene rings is 1. The van der Waals surface area contributed by atoms with Gasteiger partial charge < -0.3 is 5.32 Å². The van der Waals surface area contributed by atoms with Gasteiger partial charge in [-0.2, -0.15) is 52.7 Å². The average molecular weight is 523 g/mol. The Labute approximate surface area is 177 Å². The van der Waals surface area contributed by atoms with Crippen molar-refractivity contribution < 1.29 is 61.9 Å². The number of carbonyl (C=O) groups excluding carboxylic acids is 1. The van der Waals surface area contributed by atoms with Crippen LogP contribution in [-0.2, 0) is 6.18 Å². The number of allylic oxidation sites excluding steroid dienone is 1. The van der Waals surface area contributed by atoms with Crippen molar-refractivity contribution in [3.8, 4) is 0 Å². The first-order valence-corrected chi connectivity index (χ1v) is 8.65. The van der Waals surface area contributed by atoms with Gasteiger partial charge in [-0.3, -0.25) is 5.32 Å². The number of anilines is 1. The van der Waals surface area contributed by atoms with Gasteiger partial charge in [0, 0.05) is 5.69 Å². The van der Waals surface area contributed by atoms with Crippen molar-refractivity contribution in [3.63, 3.8) is 0 Å². The summed E-state index contributed by atoms with van der Waals surface area (Å²) >= 11 is -1.10. The number of aliphatic imine (C=N–C) groups is 1. The molecule has 33 heavy (non-hydrogen) atoms. The van der Waals surface area contributed by atoms with Crippen molar-refractivity contribution in [2.45, 2.75) is 30.2 Å². The molecule has 0 aromatic heterocycles. The zero-order chi connectivity index (χ0) is 25.6. The maximum atomic E-state index is 13.6. The number of alkyl halides is 12. The van der Waals surface area contributed by atoms with Crippen LogP contribution in [-0.4, -0.2) is 35.3 Å². The summed E-state index contributed by atoms with van der Waals surface area (Å²) < 4.78 is 169. The molecule has 0 bridgehead atoms. The highest BCUT2D eigenvalue weighted by molar-refractivity contribution is 8.17. The van der Waals surface area contributed by atoms with Gasteiger partial charge in [0.25, 0.3) is 5.54 Å². The fraction of sp³-hybridized carbons (Fsp3) is 0.333. The number of nitrogens with one attached hydrogen (secondary N) is 2. The first kappa shape index (κ1) is 26.6. The van der Waals surface area contributed by atoms with Gasteiger partial charge in [0.15, 0.2) is 5.17 Å². The van der Waals surface area contributed by atoms with Crippen molar-refractivity contribution in [2.24, 2.45) is 4.99 Å². The molecule has 0 atom stereocenters. The summed E-state index contributed by atoms with van der Waals surface area (Å²) in [5.41, 5.74) is -7.62. The SMILES string of the molecule is O=C(NC1=NC(C(F)(F)F)(C(F)(F)F)C(=C(F)C(F)(F)F)S1)Nc1cccc(C(F)(F)F)c1. The van der Waals surface area contributed by atoms with E-state index in [0.29, 0.717) is 12.1 Å². The molecule has 0 saturated heterocycles. The fourth-order valence-corrected chi connectivity index (χ4v) is 3.51. The summed E-state index contributed by atoms with van der Waals surface area (Å²) in [6.45, 7) is 0. The Bertz CT molecular complexity index is 974.